The molecule has 1 amide bonds. The van der Waals surface area contributed by atoms with Crippen LogP contribution in [0.25, 0.3) is 10.9 Å². The minimum absolute atomic E-state index is 0.115. The van der Waals surface area contributed by atoms with Crippen LogP contribution in [0.1, 0.15) is 25.0 Å². The third kappa shape index (κ3) is 7.32. The van der Waals surface area contributed by atoms with Gasteiger partial charge < -0.3 is 20.1 Å². The maximum Gasteiger partial charge on any atom is 0.248 e. The molecule has 3 heterocycles. The predicted octanol–water partition coefficient (Wildman–Crippen LogP) is 6.33. The largest absolute Gasteiger partial charge is 0.490 e. The molecule has 2 aromatic heterocycles. The van der Waals surface area contributed by atoms with Crippen LogP contribution in [0.2, 0.25) is 5.02 Å². The van der Waals surface area contributed by atoms with Crippen molar-refractivity contribution < 1.29 is 18.7 Å². The van der Waals surface area contributed by atoms with Crippen molar-refractivity contribution in [3.05, 3.63) is 83.9 Å². The van der Waals surface area contributed by atoms with E-state index in [1.165, 1.54) is 6.33 Å². The summed E-state index contributed by atoms with van der Waals surface area (Å²) in [6.45, 7) is 0.878. The fraction of sp³-hybridized carbons (Fsp3) is 0.290. The molecule has 9 nitrogen and oxygen atoms in total. The van der Waals surface area contributed by atoms with Crippen LogP contribution < -0.4 is 20.1 Å². The van der Waals surface area contributed by atoms with Crippen molar-refractivity contribution in [3.8, 4) is 11.5 Å². The van der Waals surface area contributed by atoms with E-state index in [1.54, 1.807) is 36.5 Å². The van der Waals surface area contributed by atoms with E-state index in [0.29, 0.717) is 44.6 Å². The van der Waals surface area contributed by atoms with E-state index in [9.17, 15) is 9.18 Å². The SMILES string of the molecule is CN1CCC[C@@H]1/C=C/C(=O)Nc1ccc2ncnc(Nc3ccc(OCc4ccccn4)c(Cl)c3)c2c1OCCCF. The highest BCUT2D eigenvalue weighted by Crippen LogP contribution is 2.39. The Labute approximate surface area is 248 Å². The number of nitrogens with one attached hydrogen (secondary N) is 2. The van der Waals surface area contributed by atoms with E-state index < -0.39 is 6.67 Å². The number of nitrogens with zero attached hydrogens (tertiary/aromatic N) is 4. The van der Waals surface area contributed by atoms with Gasteiger partial charge >= 0.3 is 0 Å². The van der Waals surface area contributed by atoms with Gasteiger partial charge in [-0.2, -0.15) is 0 Å². The molecule has 4 aromatic rings. The number of halogens is 2. The lowest BCUT2D eigenvalue weighted by atomic mass is 10.1. The van der Waals surface area contributed by atoms with E-state index >= 15 is 0 Å². The van der Waals surface area contributed by atoms with Gasteiger partial charge in [-0.1, -0.05) is 23.7 Å². The summed E-state index contributed by atoms with van der Waals surface area (Å²) < 4.78 is 24.8. The van der Waals surface area contributed by atoms with Crippen molar-refractivity contribution >= 4 is 45.6 Å². The Bertz CT molecular complexity index is 1550. The maximum atomic E-state index is 13.0. The van der Waals surface area contributed by atoms with Crippen LogP contribution in [-0.4, -0.2) is 58.7 Å². The molecule has 0 radical (unpaired) electrons. The number of fused-ring (bicyclic) bond motifs is 1. The van der Waals surface area contributed by atoms with Gasteiger partial charge in [-0.3, -0.25) is 19.1 Å². The average Bonchev–Trinajstić information content (AvgIpc) is 3.41. The van der Waals surface area contributed by atoms with E-state index in [-0.39, 0.29) is 31.6 Å². The number of ether oxygens (including phenoxy) is 2. The molecule has 0 bridgehead atoms. The van der Waals surface area contributed by atoms with E-state index in [1.807, 2.05) is 37.4 Å². The highest BCUT2D eigenvalue weighted by Gasteiger charge is 2.20. The van der Waals surface area contributed by atoms with Gasteiger partial charge in [-0.05, 0) is 68.9 Å². The number of anilines is 3. The Morgan fingerprint density at radius 3 is 2.83 bits per heavy atom. The molecular formula is C31H32ClFN6O3. The number of alkyl halides is 1. The maximum absolute atomic E-state index is 13.0. The normalized spacial score (nSPS) is 15.3. The lowest BCUT2D eigenvalue weighted by molar-refractivity contribution is -0.112. The van der Waals surface area contributed by atoms with Gasteiger partial charge in [0.2, 0.25) is 5.91 Å². The third-order valence-electron chi connectivity index (χ3n) is 6.88. The number of likely N-dealkylation sites (N-methyl/N-ethyl adjacent to an activating group) is 1. The smallest absolute Gasteiger partial charge is 0.248 e. The highest BCUT2D eigenvalue weighted by molar-refractivity contribution is 6.32. The first-order valence-electron chi connectivity index (χ1n) is 13.8. The molecule has 0 unspecified atom stereocenters. The van der Waals surface area contributed by atoms with Crippen LogP contribution in [0, 0.1) is 0 Å². The Morgan fingerprint density at radius 2 is 2.07 bits per heavy atom. The molecule has 1 atom stereocenters. The van der Waals surface area contributed by atoms with Crippen molar-refractivity contribution in [2.45, 2.75) is 31.9 Å². The summed E-state index contributed by atoms with van der Waals surface area (Å²) in [5, 5.41) is 7.14. The van der Waals surface area contributed by atoms with Crippen molar-refractivity contribution in [2.75, 3.05) is 37.5 Å². The van der Waals surface area contributed by atoms with Crippen LogP contribution in [0.4, 0.5) is 21.6 Å². The number of pyridine rings is 1. The number of carbonyl (C=O) groups excluding carboxylic acids is 1. The Balaban J connectivity index is 1.39. The van der Waals surface area contributed by atoms with Crippen LogP contribution >= 0.6 is 11.6 Å². The lowest BCUT2D eigenvalue weighted by Crippen LogP contribution is -2.23. The second-order valence-electron chi connectivity index (χ2n) is 9.87. The standard InChI is InChI=1S/C31H32ClFN6O3/c1-39-16-4-7-23(39)9-13-28(40)38-26-11-10-25-29(30(26)41-17-5-14-33)31(36-20-35-25)37-21-8-12-27(24(32)18-21)42-19-22-6-2-3-15-34-22/h2-3,6,8-13,15,18,20,23H,4-5,7,14,16-17,19H2,1H3,(H,38,40)(H,35,36,37)/b13-9+/t23-/m1/s1. The molecule has 2 aromatic carbocycles. The minimum Gasteiger partial charge on any atom is -0.490 e. The van der Waals surface area contributed by atoms with E-state index in [4.69, 9.17) is 21.1 Å². The number of amides is 1. The highest BCUT2D eigenvalue weighted by atomic mass is 35.5. The second-order valence-corrected chi connectivity index (χ2v) is 10.3. The zero-order valence-electron chi connectivity index (χ0n) is 23.2. The van der Waals surface area contributed by atoms with Crippen molar-refractivity contribution in [1.29, 1.82) is 0 Å². The fourth-order valence-corrected chi connectivity index (χ4v) is 4.95. The number of likely N-dealkylation sites (tertiary alicyclic amines) is 1. The van der Waals surface area contributed by atoms with Gasteiger partial charge in [-0.25, -0.2) is 9.97 Å². The zero-order valence-corrected chi connectivity index (χ0v) is 24.0. The van der Waals surface area contributed by atoms with E-state index in [0.717, 1.165) is 25.1 Å². The molecule has 5 rings (SSSR count). The number of benzene rings is 2. The Hall–Kier alpha value is -4.28. The molecule has 218 valence electrons. The molecule has 0 saturated carbocycles. The summed E-state index contributed by atoms with van der Waals surface area (Å²) >= 11 is 6.53. The molecule has 1 aliphatic heterocycles. The van der Waals surface area contributed by atoms with Gasteiger partial charge in [0.25, 0.3) is 0 Å². The van der Waals surface area contributed by atoms with Crippen molar-refractivity contribution in [3.63, 3.8) is 0 Å². The van der Waals surface area contributed by atoms with Crippen molar-refractivity contribution in [2.24, 2.45) is 0 Å². The van der Waals surface area contributed by atoms with Crippen LogP contribution in [0.3, 0.4) is 0 Å². The van der Waals surface area contributed by atoms with Gasteiger partial charge in [-0.15, -0.1) is 0 Å². The van der Waals surface area contributed by atoms with E-state index in [2.05, 4.69) is 30.5 Å². The average molecular weight is 591 g/mol. The number of carbonyl (C=O) groups is 1. The van der Waals surface area contributed by atoms with Crippen LogP contribution in [0.15, 0.2) is 73.2 Å². The summed E-state index contributed by atoms with van der Waals surface area (Å²) in [4.78, 5) is 28.2. The number of aromatic nitrogens is 3. The molecule has 0 spiro atoms. The fourth-order valence-electron chi connectivity index (χ4n) is 4.71. The van der Waals surface area contributed by atoms with Gasteiger partial charge in [0.05, 0.1) is 40.6 Å². The molecule has 42 heavy (non-hydrogen) atoms. The Kier molecular flexibility index (Phi) is 9.78. The monoisotopic (exact) mass is 590 g/mol. The number of hydrogen-bond acceptors (Lipinski definition) is 8. The first-order valence-corrected chi connectivity index (χ1v) is 14.1. The second kappa shape index (κ2) is 14.1. The summed E-state index contributed by atoms with van der Waals surface area (Å²) in [6.07, 6.45) is 8.91. The zero-order chi connectivity index (χ0) is 29.3. The van der Waals surface area contributed by atoms with Gasteiger partial charge in [0, 0.05) is 30.4 Å². The number of rotatable bonds is 12. The topological polar surface area (TPSA) is 102 Å². The quantitative estimate of drug-likeness (QED) is 0.146. The molecule has 2 N–H and O–H groups in total. The molecule has 1 fully saturated rings. The summed E-state index contributed by atoms with van der Waals surface area (Å²) in [5.74, 6) is 1.01. The Morgan fingerprint density at radius 1 is 1.17 bits per heavy atom. The lowest BCUT2D eigenvalue weighted by Gasteiger charge is -2.17. The summed E-state index contributed by atoms with van der Waals surface area (Å²) in [6, 6.07) is 14.6. The first kappa shape index (κ1) is 29.2. The van der Waals surface area contributed by atoms with Crippen LogP contribution in [0.5, 0.6) is 11.5 Å². The molecule has 1 saturated heterocycles. The first-order chi connectivity index (χ1) is 20.5. The van der Waals surface area contributed by atoms with Crippen molar-refractivity contribution in [1.82, 2.24) is 19.9 Å². The predicted molar refractivity (Wildman–Crippen MR) is 162 cm³/mol. The molecule has 1 aliphatic rings. The summed E-state index contributed by atoms with van der Waals surface area (Å²) in [5.41, 5.74) is 2.46. The molecule has 0 aliphatic carbocycles. The molecular weight excluding hydrogens is 559 g/mol. The van der Waals surface area contributed by atoms with Gasteiger partial charge in [0.1, 0.15) is 24.5 Å². The minimum atomic E-state index is -0.529. The number of hydrogen-bond donors (Lipinski definition) is 2. The van der Waals surface area contributed by atoms with Gasteiger partial charge in [0.15, 0.2) is 5.75 Å². The third-order valence-corrected chi connectivity index (χ3v) is 7.18. The summed E-state index contributed by atoms with van der Waals surface area (Å²) in [7, 11) is 2.05. The molecule has 11 heteroatoms. The van der Waals surface area contributed by atoms with Crippen LogP contribution in [-0.2, 0) is 11.4 Å².